The molecule has 1 aliphatic heterocycles. The highest BCUT2D eigenvalue weighted by Gasteiger charge is 2.21. The van der Waals surface area contributed by atoms with Crippen LogP contribution in [-0.2, 0) is 0 Å². The number of hydrogen-bond donors (Lipinski definition) is 2. The maximum Gasteiger partial charge on any atom is 0.170 e. The van der Waals surface area contributed by atoms with Crippen molar-refractivity contribution in [1.29, 1.82) is 0 Å². The Kier molecular flexibility index (Phi) is 6.72. The van der Waals surface area contributed by atoms with E-state index in [1.807, 2.05) is 0 Å². The Labute approximate surface area is 142 Å². The van der Waals surface area contributed by atoms with Crippen molar-refractivity contribution >= 4 is 23.0 Å². The number of halogens is 2. The van der Waals surface area contributed by atoms with E-state index in [0.717, 1.165) is 37.9 Å². The summed E-state index contributed by atoms with van der Waals surface area (Å²) in [6.45, 7) is 8.58. The molecule has 2 atom stereocenters. The van der Waals surface area contributed by atoms with Crippen LogP contribution >= 0.6 is 12.2 Å². The average molecular weight is 341 g/mol. The lowest BCUT2D eigenvalue weighted by Gasteiger charge is -2.35. The van der Waals surface area contributed by atoms with Crippen LogP contribution in [-0.4, -0.2) is 36.2 Å². The van der Waals surface area contributed by atoms with E-state index in [1.54, 1.807) is 0 Å². The molecule has 3 nitrogen and oxygen atoms in total. The molecule has 2 rings (SSSR count). The Morgan fingerprint density at radius 3 is 2.43 bits per heavy atom. The lowest BCUT2D eigenvalue weighted by molar-refractivity contribution is 0.140. The van der Waals surface area contributed by atoms with E-state index in [2.05, 4.69) is 29.4 Å². The van der Waals surface area contributed by atoms with Crippen LogP contribution in [0.2, 0.25) is 0 Å². The summed E-state index contributed by atoms with van der Waals surface area (Å²) >= 11 is 5.09. The zero-order valence-corrected chi connectivity index (χ0v) is 14.6. The first-order valence-electron chi connectivity index (χ1n) is 8.17. The minimum absolute atomic E-state index is 0.205. The normalized spacial score (nSPS) is 21.9. The molecular weight excluding hydrogens is 316 g/mol. The van der Waals surface area contributed by atoms with Crippen molar-refractivity contribution in [3.8, 4) is 0 Å². The van der Waals surface area contributed by atoms with Gasteiger partial charge in [-0.3, -0.25) is 0 Å². The third kappa shape index (κ3) is 5.70. The molecule has 6 heteroatoms. The molecule has 0 spiro atoms. The van der Waals surface area contributed by atoms with E-state index in [9.17, 15) is 8.78 Å². The molecule has 128 valence electrons. The highest BCUT2D eigenvalue weighted by Crippen LogP contribution is 2.21. The lowest BCUT2D eigenvalue weighted by Crippen LogP contribution is -2.40. The van der Waals surface area contributed by atoms with E-state index >= 15 is 0 Å². The predicted molar refractivity (Wildman–Crippen MR) is 94.6 cm³/mol. The summed E-state index contributed by atoms with van der Waals surface area (Å²) < 4.78 is 27.0. The summed E-state index contributed by atoms with van der Waals surface area (Å²) in [5.41, 5.74) is -0.205. The van der Waals surface area contributed by atoms with Gasteiger partial charge in [0.05, 0.1) is 0 Å². The van der Waals surface area contributed by atoms with E-state index in [0.29, 0.717) is 6.54 Å². The number of nitrogens with one attached hydrogen (secondary N) is 2. The molecule has 1 aromatic carbocycles. The van der Waals surface area contributed by atoms with E-state index in [1.165, 1.54) is 24.6 Å². The molecule has 1 saturated heterocycles. The number of likely N-dealkylation sites (tertiary alicyclic amines) is 1. The highest BCUT2D eigenvalue weighted by atomic mass is 32.1. The summed E-state index contributed by atoms with van der Waals surface area (Å²) in [5, 5.41) is 5.84. The zero-order valence-electron chi connectivity index (χ0n) is 13.7. The minimum Gasteiger partial charge on any atom is -0.362 e. The monoisotopic (exact) mass is 341 g/mol. The van der Waals surface area contributed by atoms with E-state index < -0.39 is 11.6 Å². The van der Waals surface area contributed by atoms with Crippen molar-refractivity contribution in [3.63, 3.8) is 0 Å². The van der Waals surface area contributed by atoms with Gasteiger partial charge in [0.15, 0.2) is 5.11 Å². The van der Waals surface area contributed by atoms with Crippen molar-refractivity contribution < 1.29 is 8.78 Å². The van der Waals surface area contributed by atoms with E-state index in [-0.39, 0.29) is 10.8 Å². The lowest BCUT2D eigenvalue weighted by atomic mass is 9.92. The average Bonchev–Trinajstić information content (AvgIpc) is 2.47. The largest absolute Gasteiger partial charge is 0.362 e. The summed E-state index contributed by atoms with van der Waals surface area (Å²) in [7, 11) is 0. The van der Waals surface area contributed by atoms with Crippen LogP contribution in [0.4, 0.5) is 14.5 Å². The minimum atomic E-state index is -0.648. The van der Waals surface area contributed by atoms with Gasteiger partial charge >= 0.3 is 0 Å². The Balaban J connectivity index is 1.69. The first-order chi connectivity index (χ1) is 11.0. The number of nitrogens with zero attached hydrogens (tertiary/aromatic N) is 1. The summed E-state index contributed by atoms with van der Waals surface area (Å²) in [4.78, 5) is 2.48. The molecular formula is C17H25F2N3S. The Morgan fingerprint density at radius 1 is 1.22 bits per heavy atom. The molecule has 0 bridgehead atoms. The van der Waals surface area contributed by atoms with Crippen molar-refractivity contribution in [2.24, 2.45) is 11.8 Å². The number of anilines is 1. The van der Waals surface area contributed by atoms with Gasteiger partial charge < -0.3 is 15.5 Å². The van der Waals surface area contributed by atoms with Gasteiger partial charge in [-0.1, -0.05) is 19.9 Å². The van der Waals surface area contributed by atoms with Crippen LogP contribution in [0, 0.1) is 23.5 Å². The number of piperidine rings is 1. The van der Waals surface area contributed by atoms with Gasteiger partial charge in [0, 0.05) is 19.6 Å². The van der Waals surface area contributed by atoms with Crippen molar-refractivity contribution in [2.45, 2.75) is 26.7 Å². The first kappa shape index (κ1) is 18.1. The summed E-state index contributed by atoms with van der Waals surface area (Å²) in [5.74, 6) is 0.202. The SMILES string of the molecule is CC1CC(C)CN(CCCNC(=S)Nc2c(F)cccc2F)C1. The third-order valence-corrected chi connectivity index (χ3v) is 4.33. The molecule has 0 saturated carbocycles. The maximum absolute atomic E-state index is 13.5. The zero-order chi connectivity index (χ0) is 16.8. The van der Waals surface area contributed by atoms with Gasteiger partial charge in [-0.05, 0) is 55.6 Å². The summed E-state index contributed by atoms with van der Waals surface area (Å²) in [6, 6.07) is 3.73. The molecule has 0 radical (unpaired) electrons. The topological polar surface area (TPSA) is 27.3 Å². The molecule has 2 N–H and O–H groups in total. The molecule has 2 unspecified atom stereocenters. The second-order valence-electron chi connectivity index (χ2n) is 6.54. The number of rotatable bonds is 5. The fourth-order valence-corrected chi connectivity index (χ4v) is 3.46. The van der Waals surface area contributed by atoms with Gasteiger partial charge in [0.25, 0.3) is 0 Å². The van der Waals surface area contributed by atoms with Gasteiger partial charge in [-0.15, -0.1) is 0 Å². The number of benzene rings is 1. The van der Waals surface area contributed by atoms with Crippen LogP contribution in [0.3, 0.4) is 0 Å². The number of para-hydroxylation sites is 1. The van der Waals surface area contributed by atoms with Crippen molar-refractivity contribution in [1.82, 2.24) is 10.2 Å². The molecule has 1 heterocycles. The Morgan fingerprint density at radius 2 is 1.83 bits per heavy atom. The Hall–Kier alpha value is -1.27. The smallest absolute Gasteiger partial charge is 0.170 e. The maximum atomic E-state index is 13.5. The van der Waals surface area contributed by atoms with Crippen LogP contribution in [0.25, 0.3) is 0 Å². The predicted octanol–water partition coefficient (Wildman–Crippen LogP) is 3.62. The molecule has 1 aromatic rings. The standard InChI is InChI=1S/C17H25F2N3S/c1-12-9-13(2)11-22(10-12)8-4-7-20-17(23)21-16-14(18)5-3-6-15(16)19/h3,5-6,12-13H,4,7-11H2,1-2H3,(H2,20,21,23). The van der Waals surface area contributed by atoms with Crippen LogP contribution in [0.1, 0.15) is 26.7 Å². The molecule has 0 aromatic heterocycles. The molecule has 1 aliphatic rings. The van der Waals surface area contributed by atoms with Gasteiger partial charge in [-0.25, -0.2) is 8.78 Å². The second kappa shape index (κ2) is 8.55. The highest BCUT2D eigenvalue weighted by molar-refractivity contribution is 7.80. The van der Waals surface area contributed by atoms with Crippen LogP contribution in [0.15, 0.2) is 18.2 Å². The fraction of sp³-hybridized carbons (Fsp3) is 0.588. The molecule has 23 heavy (non-hydrogen) atoms. The second-order valence-corrected chi connectivity index (χ2v) is 6.94. The summed E-state index contributed by atoms with van der Waals surface area (Å²) in [6.07, 6.45) is 2.25. The third-order valence-electron chi connectivity index (χ3n) is 4.08. The van der Waals surface area contributed by atoms with Gasteiger partial charge in [0.1, 0.15) is 17.3 Å². The first-order valence-corrected chi connectivity index (χ1v) is 8.57. The van der Waals surface area contributed by atoms with Crippen LogP contribution < -0.4 is 10.6 Å². The van der Waals surface area contributed by atoms with Crippen LogP contribution in [0.5, 0.6) is 0 Å². The van der Waals surface area contributed by atoms with Crippen molar-refractivity contribution in [3.05, 3.63) is 29.8 Å². The quantitative estimate of drug-likeness (QED) is 0.632. The molecule has 0 aliphatic carbocycles. The van der Waals surface area contributed by atoms with Gasteiger partial charge in [0.2, 0.25) is 0 Å². The van der Waals surface area contributed by atoms with E-state index in [4.69, 9.17) is 12.2 Å². The fourth-order valence-electron chi connectivity index (χ4n) is 3.25. The molecule has 0 amide bonds. The Bertz CT molecular complexity index is 508. The number of hydrogen-bond acceptors (Lipinski definition) is 2. The number of thiocarbonyl (C=S) groups is 1. The molecule has 1 fully saturated rings. The van der Waals surface area contributed by atoms with Gasteiger partial charge in [-0.2, -0.15) is 0 Å². The van der Waals surface area contributed by atoms with Crippen molar-refractivity contribution in [2.75, 3.05) is 31.5 Å².